The first-order chi connectivity index (χ1) is 8.38. The van der Waals surface area contributed by atoms with Gasteiger partial charge in [-0.05, 0) is 17.7 Å². The summed E-state index contributed by atoms with van der Waals surface area (Å²) in [5.41, 5.74) is 4.58. The van der Waals surface area contributed by atoms with E-state index in [-0.39, 0.29) is 24.4 Å². The van der Waals surface area contributed by atoms with Crippen LogP contribution in [0.15, 0.2) is 18.2 Å². The van der Waals surface area contributed by atoms with E-state index in [0.717, 1.165) is 6.07 Å². The van der Waals surface area contributed by atoms with Crippen molar-refractivity contribution in [2.45, 2.75) is 12.7 Å². The van der Waals surface area contributed by atoms with Crippen molar-refractivity contribution >= 4 is 11.8 Å². The highest BCUT2D eigenvalue weighted by Crippen LogP contribution is 2.34. The zero-order chi connectivity index (χ0) is 13.3. The maximum atomic E-state index is 12.8. The molecule has 1 heterocycles. The molecule has 0 radical (unpaired) electrons. The fourth-order valence-corrected chi connectivity index (χ4v) is 1.77. The number of nitrogen functional groups attached to an aromatic ring is 1. The van der Waals surface area contributed by atoms with E-state index in [1.807, 2.05) is 0 Å². The summed E-state index contributed by atoms with van der Waals surface area (Å²) in [6.45, 7) is 0.365. The van der Waals surface area contributed by atoms with Crippen LogP contribution < -0.4 is 5.73 Å². The normalized spacial score (nSPS) is 15.9. The molecular formula is C11H11F3N2O2. The van der Waals surface area contributed by atoms with Crippen molar-refractivity contribution in [3.05, 3.63) is 29.3 Å². The number of anilines is 1. The van der Waals surface area contributed by atoms with Crippen LogP contribution >= 0.6 is 0 Å². The van der Waals surface area contributed by atoms with Crippen molar-refractivity contribution in [3.63, 3.8) is 0 Å². The van der Waals surface area contributed by atoms with Crippen LogP contribution in [-0.2, 0) is 17.5 Å². The SMILES string of the molecule is Nc1ccc(CN2CCOC2=O)c(C(F)(F)F)c1. The summed E-state index contributed by atoms with van der Waals surface area (Å²) >= 11 is 0. The summed E-state index contributed by atoms with van der Waals surface area (Å²) in [7, 11) is 0. The second-order valence-electron chi connectivity index (χ2n) is 3.95. The second-order valence-corrected chi connectivity index (χ2v) is 3.95. The molecular weight excluding hydrogens is 249 g/mol. The van der Waals surface area contributed by atoms with E-state index < -0.39 is 17.8 Å². The van der Waals surface area contributed by atoms with Crippen molar-refractivity contribution in [1.82, 2.24) is 4.90 Å². The molecule has 1 amide bonds. The Kier molecular flexibility index (Phi) is 3.06. The zero-order valence-electron chi connectivity index (χ0n) is 9.33. The number of benzene rings is 1. The number of hydrogen-bond donors (Lipinski definition) is 1. The summed E-state index contributed by atoms with van der Waals surface area (Å²) in [6.07, 6.45) is -5.09. The highest BCUT2D eigenvalue weighted by atomic mass is 19.4. The summed E-state index contributed by atoms with van der Waals surface area (Å²) in [5.74, 6) is 0. The molecule has 1 fully saturated rings. The Morgan fingerprint density at radius 1 is 1.39 bits per heavy atom. The van der Waals surface area contributed by atoms with Gasteiger partial charge >= 0.3 is 12.3 Å². The zero-order valence-corrected chi connectivity index (χ0v) is 9.33. The third kappa shape index (κ3) is 2.49. The van der Waals surface area contributed by atoms with Gasteiger partial charge in [0, 0.05) is 12.2 Å². The van der Waals surface area contributed by atoms with Gasteiger partial charge in [0.1, 0.15) is 6.61 Å². The molecule has 0 bridgehead atoms. The molecule has 18 heavy (non-hydrogen) atoms. The Morgan fingerprint density at radius 2 is 2.11 bits per heavy atom. The van der Waals surface area contributed by atoms with Crippen LogP contribution in [0.25, 0.3) is 0 Å². The number of rotatable bonds is 2. The van der Waals surface area contributed by atoms with Gasteiger partial charge in [-0.2, -0.15) is 13.2 Å². The Hall–Kier alpha value is -1.92. The van der Waals surface area contributed by atoms with Crippen LogP contribution in [0.3, 0.4) is 0 Å². The summed E-state index contributed by atoms with van der Waals surface area (Å²) in [6, 6.07) is 3.53. The van der Waals surface area contributed by atoms with Crippen molar-refractivity contribution in [1.29, 1.82) is 0 Å². The maximum absolute atomic E-state index is 12.8. The molecule has 0 spiro atoms. The number of hydrogen-bond acceptors (Lipinski definition) is 3. The topological polar surface area (TPSA) is 55.6 Å². The van der Waals surface area contributed by atoms with Crippen molar-refractivity contribution in [2.24, 2.45) is 0 Å². The van der Waals surface area contributed by atoms with Gasteiger partial charge in [-0.3, -0.25) is 0 Å². The standard InChI is InChI=1S/C11H11F3N2O2/c12-11(13,14)9-5-8(15)2-1-7(9)6-16-3-4-18-10(16)17/h1-2,5H,3-4,6,15H2. The highest BCUT2D eigenvalue weighted by Gasteiger charge is 2.34. The summed E-state index contributed by atoms with van der Waals surface area (Å²) in [4.78, 5) is 12.4. The third-order valence-corrected chi connectivity index (χ3v) is 2.65. The van der Waals surface area contributed by atoms with Crippen molar-refractivity contribution in [3.8, 4) is 0 Å². The Labute approximate surface area is 101 Å². The average molecular weight is 260 g/mol. The van der Waals surface area contributed by atoms with Gasteiger partial charge in [0.25, 0.3) is 0 Å². The number of carbonyl (C=O) groups excluding carboxylic acids is 1. The number of alkyl halides is 3. The number of ether oxygens (including phenoxy) is 1. The number of halogens is 3. The van der Waals surface area contributed by atoms with Gasteiger partial charge in [-0.15, -0.1) is 0 Å². The molecule has 0 atom stereocenters. The molecule has 1 aliphatic rings. The average Bonchev–Trinajstić information content (AvgIpc) is 2.66. The Bertz CT molecular complexity index is 474. The number of amides is 1. The van der Waals surface area contributed by atoms with E-state index >= 15 is 0 Å². The molecule has 0 saturated carbocycles. The Balaban J connectivity index is 2.29. The number of nitrogens with zero attached hydrogens (tertiary/aromatic N) is 1. The lowest BCUT2D eigenvalue weighted by Crippen LogP contribution is -2.25. The van der Waals surface area contributed by atoms with E-state index in [1.54, 1.807) is 0 Å². The van der Waals surface area contributed by atoms with Crippen LogP contribution in [0.4, 0.5) is 23.7 Å². The van der Waals surface area contributed by atoms with E-state index in [0.29, 0.717) is 6.54 Å². The molecule has 1 saturated heterocycles. The van der Waals surface area contributed by atoms with Gasteiger partial charge in [0.05, 0.1) is 12.1 Å². The molecule has 2 rings (SSSR count). The lowest BCUT2D eigenvalue weighted by Gasteiger charge is -2.17. The van der Waals surface area contributed by atoms with Gasteiger partial charge < -0.3 is 15.4 Å². The van der Waals surface area contributed by atoms with Gasteiger partial charge in [-0.1, -0.05) is 6.07 Å². The van der Waals surface area contributed by atoms with E-state index in [1.165, 1.54) is 17.0 Å². The van der Waals surface area contributed by atoms with Gasteiger partial charge in [0.15, 0.2) is 0 Å². The molecule has 98 valence electrons. The second kappa shape index (κ2) is 4.40. The van der Waals surface area contributed by atoms with E-state index in [2.05, 4.69) is 4.74 Å². The summed E-state index contributed by atoms with van der Waals surface area (Å²) < 4.78 is 43.1. The first kappa shape index (κ1) is 12.5. The van der Waals surface area contributed by atoms with Crippen molar-refractivity contribution < 1.29 is 22.7 Å². The molecule has 1 aromatic rings. The van der Waals surface area contributed by atoms with Crippen LogP contribution in [-0.4, -0.2) is 24.1 Å². The molecule has 0 aromatic heterocycles. The first-order valence-electron chi connectivity index (χ1n) is 5.25. The molecule has 1 aliphatic heterocycles. The number of nitrogens with two attached hydrogens (primary N) is 1. The molecule has 0 unspecified atom stereocenters. The molecule has 0 aliphatic carbocycles. The predicted molar refractivity (Wildman–Crippen MR) is 57.6 cm³/mol. The maximum Gasteiger partial charge on any atom is 0.416 e. The monoisotopic (exact) mass is 260 g/mol. The lowest BCUT2D eigenvalue weighted by atomic mass is 10.1. The predicted octanol–water partition coefficient (Wildman–Crippen LogP) is 2.24. The van der Waals surface area contributed by atoms with Gasteiger partial charge in [0.2, 0.25) is 0 Å². The van der Waals surface area contributed by atoms with Crippen LogP contribution in [0.2, 0.25) is 0 Å². The fraction of sp³-hybridized carbons (Fsp3) is 0.364. The van der Waals surface area contributed by atoms with Crippen LogP contribution in [0.5, 0.6) is 0 Å². The Morgan fingerprint density at radius 3 is 2.67 bits per heavy atom. The number of cyclic esters (lactones) is 1. The molecule has 7 heteroatoms. The van der Waals surface area contributed by atoms with E-state index in [9.17, 15) is 18.0 Å². The molecule has 4 nitrogen and oxygen atoms in total. The highest BCUT2D eigenvalue weighted by molar-refractivity contribution is 5.69. The smallest absolute Gasteiger partial charge is 0.416 e. The number of carbonyl (C=O) groups is 1. The quantitative estimate of drug-likeness (QED) is 0.830. The third-order valence-electron chi connectivity index (χ3n) is 2.65. The van der Waals surface area contributed by atoms with Crippen LogP contribution in [0, 0.1) is 0 Å². The van der Waals surface area contributed by atoms with Crippen molar-refractivity contribution in [2.75, 3.05) is 18.9 Å². The molecule has 1 aromatic carbocycles. The lowest BCUT2D eigenvalue weighted by molar-refractivity contribution is -0.138. The van der Waals surface area contributed by atoms with E-state index in [4.69, 9.17) is 5.73 Å². The van der Waals surface area contributed by atoms with Gasteiger partial charge in [-0.25, -0.2) is 4.79 Å². The molecule has 2 N–H and O–H groups in total. The fourth-order valence-electron chi connectivity index (χ4n) is 1.77. The first-order valence-corrected chi connectivity index (χ1v) is 5.25. The minimum Gasteiger partial charge on any atom is -0.448 e. The minimum absolute atomic E-state index is 0.00977. The summed E-state index contributed by atoms with van der Waals surface area (Å²) in [5, 5.41) is 0. The minimum atomic E-state index is -4.49. The van der Waals surface area contributed by atoms with Crippen LogP contribution in [0.1, 0.15) is 11.1 Å². The largest absolute Gasteiger partial charge is 0.448 e.